The van der Waals surface area contributed by atoms with Crippen LogP contribution in [0.4, 0.5) is 17.2 Å². The zero-order valence-corrected chi connectivity index (χ0v) is 14.5. The van der Waals surface area contributed by atoms with Gasteiger partial charge in [0.05, 0.1) is 18.3 Å². The largest absolute Gasteiger partial charge is 0.354 e. The van der Waals surface area contributed by atoms with Crippen LogP contribution < -0.4 is 10.6 Å². The molecule has 0 bridgehead atoms. The Kier molecular flexibility index (Phi) is 5.23. The Labute approximate surface area is 149 Å². The molecular weight excluding hydrogens is 366 g/mol. The molecule has 0 saturated carbocycles. The highest BCUT2D eigenvalue weighted by molar-refractivity contribution is 9.10. The normalized spacial score (nSPS) is 10.2. The fourth-order valence-corrected chi connectivity index (χ4v) is 2.64. The molecule has 0 radical (unpaired) electrons. The van der Waals surface area contributed by atoms with Gasteiger partial charge in [-0.25, -0.2) is 4.98 Å². The van der Waals surface area contributed by atoms with E-state index in [0.717, 1.165) is 21.4 Å². The first-order valence-electron chi connectivity index (χ1n) is 7.51. The van der Waals surface area contributed by atoms with Gasteiger partial charge in [-0.1, -0.05) is 52.3 Å². The molecule has 0 fully saturated rings. The van der Waals surface area contributed by atoms with Crippen molar-refractivity contribution in [1.29, 1.82) is 0 Å². The number of carbonyl (C=O) groups is 1. The molecule has 4 nitrogen and oxygen atoms in total. The van der Waals surface area contributed by atoms with Crippen LogP contribution >= 0.6 is 15.9 Å². The monoisotopic (exact) mass is 381 g/mol. The summed E-state index contributed by atoms with van der Waals surface area (Å²) in [6.07, 6.45) is 2.03. The minimum Gasteiger partial charge on any atom is -0.354 e. The number of carbonyl (C=O) groups excluding carboxylic acids is 1. The molecule has 0 aliphatic heterocycles. The SMILES string of the molecule is O=C(Cc1ccccc1)Nc1ccc(Nc2cccc(Br)c2)cn1. The standard InChI is InChI=1S/C19H16BrN3O/c20-15-7-4-8-16(12-15)22-17-9-10-18(21-13-17)23-19(24)11-14-5-2-1-3-6-14/h1-10,12-13,22H,11H2,(H,21,23,24). The topological polar surface area (TPSA) is 54.0 Å². The molecule has 0 unspecified atom stereocenters. The molecule has 2 aromatic carbocycles. The van der Waals surface area contributed by atoms with Crippen LogP contribution in [0.15, 0.2) is 77.4 Å². The van der Waals surface area contributed by atoms with Gasteiger partial charge in [0, 0.05) is 10.2 Å². The summed E-state index contributed by atoms with van der Waals surface area (Å²) in [5.74, 6) is 0.456. The first kappa shape index (κ1) is 16.2. The molecule has 1 aromatic heterocycles. The van der Waals surface area contributed by atoms with Gasteiger partial charge in [-0.15, -0.1) is 0 Å². The van der Waals surface area contributed by atoms with E-state index in [0.29, 0.717) is 12.2 Å². The lowest BCUT2D eigenvalue weighted by molar-refractivity contribution is -0.115. The van der Waals surface area contributed by atoms with Crippen LogP contribution in [0.2, 0.25) is 0 Å². The van der Waals surface area contributed by atoms with Crippen molar-refractivity contribution in [2.75, 3.05) is 10.6 Å². The molecule has 2 N–H and O–H groups in total. The molecule has 24 heavy (non-hydrogen) atoms. The summed E-state index contributed by atoms with van der Waals surface area (Å²) in [6.45, 7) is 0. The number of benzene rings is 2. The van der Waals surface area contributed by atoms with Crippen molar-refractivity contribution < 1.29 is 4.79 Å². The molecule has 0 aliphatic rings. The molecule has 0 aliphatic carbocycles. The lowest BCUT2D eigenvalue weighted by Crippen LogP contribution is -2.15. The average molecular weight is 382 g/mol. The summed E-state index contributed by atoms with van der Waals surface area (Å²) in [4.78, 5) is 16.3. The van der Waals surface area contributed by atoms with Crippen LogP contribution in [-0.2, 0) is 11.2 Å². The van der Waals surface area contributed by atoms with Crippen LogP contribution in [0.1, 0.15) is 5.56 Å². The number of amides is 1. The smallest absolute Gasteiger partial charge is 0.229 e. The highest BCUT2D eigenvalue weighted by Gasteiger charge is 2.05. The Morgan fingerprint density at radius 1 is 0.958 bits per heavy atom. The average Bonchev–Trinajstić information content (AvgIpc) is 2.57. The third-order valence-electron chi connectivity index (χ3n) is 3.35. The van der Waals surface area contributed by atoms with Gasteiger partial charge < -0.3 is 10.6 Å². The molecule has 0 saturated heterocycles. The maximum atomic E-state index is 12.0. The van der Waals surface area contributed by atoms with E-state index < -0.39 is 0 Å². The van der Waals surface area contributed by atoms with Gasteiger partial charge in [0.15, 0.2) is 0 Å². The number of aromatic nitrogens is 1. The minimum absolute atomic E-state index is 0.0820. The third-order valence-corrected chi connectivity index (χ3v) is 3.85. The van der Waals surface area contributed by atoms with Gasteiger partial charge >= 0.3 is 0 Å². The van der Waals surface area contributed by atoms with Crippen molar-refractivity contribution in [3.8, 4) is 0 Å². The predicted molar refractivity (Wildman–Crippen MR) is 100 cm³/mol. The fourth-order valence-electron chi connectivity index (χ4n) is 2.24. The van der Waals surface area contributed by atoms with E-state index in [9.17, 15) is 4.79 Å². The molecule has 0 atom stereocenters. The van der Waals surface area contributed by atoms with Gasteiger partial charge in [-0.2, -0.15) is 0 Å². The maximum Gasteiger partial charge on any atom is 0.229 e. The van der Waals surface area contributed by atoms with E-state index in [1.807, 2.05) is 60.7 Å². The summed E-state index contributed by atoms with van der Waals surface area (Å²) in [5.41, 5.74) is 2.80. The zero-order valence-electron chi connectivity index (χ0n) is 12.9. The molecule has 120 valence electrons. The van der Waals surface area contributed by atoms with Gasteiger partial charge in [-0.3, -0.25) is 4.79 Å². The number of nitrogens with one attached hydrogen (secondary N) is 2. The highest BCUT2D eigenvalue weighted by Crippen LogP contribution is 2.20. The number of anilines is 3. The van der Waals surface area contributed by atoms with E-state index in [2.05, 4.69) is 31.5 Å². The molecule has 3 rings (SSSR count). The maximum absolute atomic E-state index is 12.0. The van der Waals surface area contributed by atoms with Crippen molar-refractivity contribution >= 4 is 39.0 Å². The number of hydrogen-bond acceptors (Lipinski definition) is 3. The van der Waals surface area contributed by atoms with Crippen LogP contribution in [0.5, 0.6) is 0 Å². The number of nitrogens with zero attached hydrogens (tertiary/aromatic N) is 1. The second-order valence-electron chi connectivity index (χ2n) is 5.28. The number of pyridine rings is 1. The Morgan fingerprint density at radius 3 is 2.50 bits per heavy atom. The summed E-state index contributed by atoms with van der Waals surface area (Å²) in [6, 6.07) is 21.2. The fraction of sp³-hybridized carbons (Fsp3) is 0.0526. The van der Waals surface area contributed by atoms with Crippen LogP contribution in [0.25, 0.3) is 0 Å². The Balaban J connectivity index is 1.59. The predicted octanol–water partition coefficient (Wildman–Crippen LogP) is 4.77. The van der Waals surface area contributed by atoms with Crippen LogP contribution in [0.3, 0.4) is 0 Å². The van der Waals surface area contributed by atoms with E-state index in [1.165, 1.54) is 0 Å². The Hall–Kier alpha value is -2.66. The number of hydrogen-bond donors (Lipinski definition) is 2. The van der Waals surface area contributed by atoms with Crippen molar-refractivity contribution in [1.82, 2.24) is 4.98 Å². The minimum atomic E-state index is -0.0820. The quantitative estimate of drug-likeness (QED) is 0.669. The molecule has 0 spiro atoms. The van der Waals surface area contributed by atoms with Crippen molar-refractivity contribution in [3.63, 3.8) is 0 Å². The summed E-state index contributed by atoms with van der Waals surface area (Å²) in [7, 11) is 0. The van der Waals surface area contributed by atoms with E-state index in [-0.39, 0.29) is 5.91 Å². The van der Waals surface area contributed by atoms with Crippen LogP contribution in [-0.4, -0.2) is 10.9 Å². The summed E-state index contributed by atoms with van der Waals surface area (Å²) in [5, 5.41) is 6.07. The van der Waals surface area contributed by atoms with Gasteiger partial charge in [0.1, 0.15) is 5.82 Å². The summed E-state index contributed by atoms with van der Waals surface area (Å²) < 4.78 is 1.00. The Morgan fingerprint density at radius 2 is 1.79 bits per heavy atom. The first-order chi connectivity index (χ1) is 11.7. The molecule has 1 heterocycles. The van der Waals surface area contributed by atoms with E-state index >= 15 is 0 Å². The number of halogens is 1. The molecule has 5 heteroatoms. The molecular formula is C19H16BrN3O. The second kappa shape index (κ2) is 7.75. The lowest BCUT2D eigenvalue weighted by atomic mass is 10.1. The van der Waals surface area contributed by atoms with Gasteiger partial charge in [0.25, 0.3) is 0 Å². The van der Waals surface area contributed by atoms with Gasteiger partial charge in [0.2, 0.25) is 5.91 Å². The molecule has 3 aromatic rings. The van der Waals surface area contributed by atoms with Crippen molar-refractivity contribution in [2.45, 2.75) is 6.42 Å². The second-order valence-corrected chi connectivity index (χ2v) is 6.19. The zero-order chi connectivity index (χ0) is 16.8. The summed E-state index contributed by atoms with van der Waals surface area (Å²) >= 11 is 3.44. The lowest BCUT2D eigenvalue weighted by Gasteiger charge is -2.08. The van der Waals surface area contributed by atoms with Crippen molar-refractivity contribution in [2.24, 2.45) is 0 Å². The highest BCUT2D eigenvalue weighted by atomic mass is 79.9. The molecule has 1 amide bonds. The van der Waals surface area contributed by atoms with Crippen LogP contribution in [0, 0.1) is 0 Å². The first-order valence-corrected chi connectivity index (χ1v) is 8.31. The third kappa shape index (κ3) is 4.67. The van der Waals surface area contributed by atoms with Crippen molar-refractivity contribution in [3.05, 3.63) is 83.0 Å². The van der Waals surface area contributed by atoms with E-state index in [1.54, 1.807) is 12.3 Å². The number of rotatable bonds is 5. The Bertz CT molecular complexity index is 820. The van der Waals surface area contributed by atoms with E-state index in [4.69, 9.17) is 0 Å². The van der Waals surface area contributed by atoms with Gasteiger partial charge in [-0.05, 0) is 35.9 Å².